The van der Waals surface area contributed by atoms with Crippen molar-refractivity contribution in [2.45, 2.75) is 26.7 Å². The van der Waals surface area contributed by atoms with Gasteiger partial charge in [-0.1, -0.05) is 12.1 Å². The second-order valence-electron chi connectivity index (χ2n) is 6.98. The number of ether oxygens (including phenoxy) is 1. The molecule has 142 valence electrons. The van der Waals surface area contributed by atoms with Gasteiger partial charge in [0, 0.05) is 24.8 Å². The number of aryl methyl sites for hydroxylation is 2. The van der Waals surface area contributed by atoms with Gasteiger partial charge in [0.1, 0.15) is 11.6 Å². The highest BCUT2D eigenvalue weighted by Crippen LogP contribution is 2.23. The predicted molar refractivity (Wildman–Crippen MR) is 104 cm³/mol. The lowest BCUT2D eigenvalue weighted by Gasteiger charge is -2.32. The minimum atomic E-state index is -0.238. The maximum atomic E-state index is 12.9. The first-order chi connectivity index (χ1) is 13.0. The lowest BCUT2D eigenvalue weighted by Crippen LogP contribution is -2.43. The highest BCUT2D eigenvalue weighted by Gasteiger charge is 2.29. The number of rotatable bonds is 4. The van der Waals surface area contributed by atoms with E-state index in [4.69, 9.17) is 4.74 Å². The second kappa shape index (κ2) is 8.20. The van der Waals surface area contributed by atoms with Crippen molar-refractivity contribution in [1.29, 1.82) is 0 Å². The van der Waals surface area contributed by atoms with Gasteiger partial charge in [0.25, 0.3) is 5.91 Å². The Labute approximate surface area is 159 Å². The summed E-state index contributed by atoms with van der Waals surface area (Å²) in [5.74, 6) is 0.831. The van der Waals surface area contributed by atoms with E-state index in [1.54, 1.807) is 36.4 Å². The Morgan fingerprint density at radius 1 is 1.22 bits per heavy atom. The Morgan fingerprint density at radius 2 is 2.04 bits per heavy atom. The van der Waals surface area contributed by atoms with Crippen molar-refractivity contribution in [3.63, 3.8) is 0 Å². The number of hydrogen-bond acceptors (Lipinski definition) is 4. The number of methoxy groups -OCH3 is 1. The van der Waals surface area contributed by atoms with E-state index < -0.39 is 0 Å². The van der Waals surface area contributed by atoms with Crippen molar-refractivity contribution in [2.24, 2.45) is 5.92 Å². The normalized spacial score (nSPS) is 16.7. The van der Waals surface area contributed by atoms with Crippen LogP contribution in [0.1, 0.15) is 34.3 Å². The number of anilines is 1. The summed E-state index contributed by atoms with van der Waals surface area (Å²) in [4.78, 5) is 31.4. The number of piperidine rings is 1. The number of aromatic nitrogens is 1. The van der Waals surface area contributed by atoms with Crippen LogP contribution in [0.4, 0.5) is 5.82 Å². The zero-order chi connectivity index (χ0) is 19.4. The number of benzene rings is 1. The number of hydrogen-bond donors (Lipinski definition) is 1. The topological polar surface area (TPSA) is 71.5 Å². The number of carbonyl (C=O) groups excluding carboxylic acids is 2. The first kappa shape index (κ1) is 18.9. The van der Waals surface area contributed by atoms with Crippen LogP contribution < -0.4 is 10.1 Å². The van der Waals surface area contributed by atoms with Crippen LogP contribution in [0, 0.1) is 19.8 Å². The lowest BCUT2D eigenvalue weighted by atomic mass is 9.96. The van der Waals surface area contributed by atoms with Gasteiger partial charge in [0.15, 0.2) is 0 Å². The van der Waals surface area contributed by atoms with E-state index in [1.165, 1.54) is 0 Å². The summed E-state index contributed by atoms with van der Waals surface area (Å²) >= 11 is 0. The molecule has 1 unspecified atom stereocenters. The highest BCUT2D eigenvalue weighted by atomic mass is 16.5. The van der Waals surface area contributed by atoms with Crippen molar-refractivity contribution >= 4 is 17.6 Å². The number of amides is 2. The molecule has 1 aliphatic heterocycles. The lowest BCUT2D eigenvalue weighted by molar-refractivity contribution is -0.121. The summed E-state index contributed by atoms with van der Waals surface area (Å²) in [7, 11) is 1.59. The fourth-order valence-electron chi connectivity index (χ4n) is 3.28. The maximum Gasteiger partial charge on any atom is 0.254 e. The van der Waals surface area contributed by atoms with Crippen LogP contribution in [-0.4, -0.2) is 41.9 Å². The maximum absolute atomic E-state index is 12.9. The molecule has 2 amide bonds. The molecule has 1 fully saturated rings. The molecule has 1 saturated heterocycles. The molecule has 1 aromatic carbocycles. The SMILES string of the molecule is COc1cc(C(=O)N2CCCC(C(=O)Nc3ccc(C)cn3)C2)ccc1C. The molecular weight excluding hydrogens is 342 g/mol. The Morgan fingerprint density at radius 3 is 2.74 bits per heavy atom. The van der Waals surface area contributed by atoms with Gasteiger partial charge in [-0.05, 0) is 56.0 Å². The molecule has 2 aromatic rings. The molecular formula is C21H25N3O3. The summed E-state index contributed by atoms with van der Waals surface area (Å²) in [5.41, 5.74) is 2.60. The van der Waals surface area contributed by atoms with E-state index in [2.05, 4.69) is 10.3 Å². The zero-order valence-electron chi connectivity index (χ0n) is 16.0. The van der Waals surface area contributed by atoms with E-state index in [1.807, 2.05) is 26.0 Å². The average Bonchev–Trinajstić information content (AvgIpc) is 2.69. The van der Waals surface area contributed by atoms with Crippen LogP contribution >= 0.6 is 0 Å². The molecule has 0 spiro atoms. The monoisotopic (exact) mass is 367 g/mol. The number of carbonyl (C=O) groups is 2. The molecule has 6 heteroatoms. The van der Waals surface area contributed by atoms with E-state index in [9.17, 15) is 9.59 Å². The third kappa shape index (κ3) is 4.45. The van der Waals surface area contributed by atoms with Crippen molar-refractivity contribution in [1.82, 2.24) is 9.88 Å². The number of nitrogens with zero attached hydrogens (tertiary/aromatic N) is 2. The molecule has 1 aliphatic rings. The summed E-state index contributed by atoms with van der Waals surface area (Å²) in [5, 5.41) is 2.86. The van der Waals surface area contributed by atoms with Crippen LogP contribution in [-0.2, 0) is 4.79 Å². The van der Waals surface area contributed by atoms with Crippen molar-refractivity contribution < 1.29 is 14.3 Å². The van der Waals surface area contributed by atoms with Gasteiger partial charge in [-0.15, -0.1) is 0 Å². The molecule has 2 heterocycles. The predicted octanol–water partition coefficient (Wildman–Crippen LogP) is 3.20. The zero-order valence-corrected chi connectivity index (χ0v) is 16.0. The summed E-state index contributed by atoms with van der Waals surface area (Å²) < 4.78 is 5.32. The van der Waals surface area contributed by atoms with Crippen LogP contribution in [0.5, 0.6) is 5.75 Å². The Balaban J connectivity index is 1.67. The van der Waals surface area contributed by atoms with E-state index >= 15 is 0 Å². The van der Waals surface area contributed by atoms with E-state index in [0.29, 0.717) is 30.2 Å². The fraction of sp³-hybridized carbons (Fsp3) is 0.381. The third-order valence-corrected chi connectivity index (χ3v) is 4.90. The van der Waals surface area contributed by atoms with Gasteiger partial charge in [0.2, 0.25) is 5.91 Å². The molecule has 6 nitrogen and oxygen atoms in total. The minimum Gasteiger partial charge on any atom is -0.496 e. The molecule has 0 saturated carbocycles. The van der Waals surface area contributed by atoms with Crippen LogP contribution in [0.2, 0.25) is 0 Å². The molecule has 0 bridgehead atoms. The Kier molecular flexibility index (Phi) is 5.74. The van der Waals surface area contributed by atoms with Crippen molar-refractivity contribution in [3.8, 4) is 5.75 Å². The summed E-state index contributed by atoms with van der Waals surface area (Å²) in [6, 6.07) is 9.14. The van der Waals surface area contributed by atoms with Gasteiger partial charge in [0.05, 0.1) is 13.0 Å². The number of likely N-dealkylation sites (tertiary alicyclic amines) is 1. The summed E-state index contributed by atoms with van der Waals surface area (Å²) in [6.45, 7) is 4.95. The van der Waals surface area contributed by atoms with Crippen molar-refractivity contribution in [3.05, 3.63) is 53.2 Å². The minimum absolute atomic E-state index is 0.0701. The molecule has 0 aliphatic carbocycles. The quantitative estimate of drug-likeness (QED) is 0.901. The molecule has 0 radical (unpaired) electrons. The van der Waals surface area contributed by atoms with Crippen molar-refractivity contribution in [2.75, 3.05) is 25.5 Å². The van der Waals surface area contributed by atoms with Gasteiger partial charge >= 0.3 is 0 Å². The second-order valence-corrected chi connectivity index (χ2v) is 6.98. The van der Waals surface area contributed by atoms with Gasteiger partial charge in [-0.3, -0.25) is 9.59 Å². The fourth-order valence-corrected chi connectivity index (χ4v) is 3.28. The summed E-state index contributed by atoms with van der Waals surface area (Å²) in [6.07, 6.45) is 3.28. The molecule has 3 rings (SSSR count). The van der Waals surface area contributed by atoms with Crippen LogP contribution in [0.3, 0.4) is 0 Å². The molecule has 27 heavy (non-hydrogen) atoms. The molecule has 1 aromatic heterocycles. The Bertz CT molecular complexity index is 833. The first-order valence-electron chi connectivity index (χ1n) is 9.15. The van der Waals surface area contributed by atoms with E-state index in [-0.39, 0.29) is 17.7 Å². The molecule has 1 atom stereocenters. The number of pyridine rings is 1. The average molecular weight is 367 g/mol. The Hall–Kier alpha value is -2.89. The molecule has 1 N–H and O–H groups in total. The number of nitrogens with one attached hydrogen (secondary N) is 1. The van der Waals surface area contributed by atoms with Crippen LogP contribution in [0.25, 0.3) is 0 Å². The smallest absolute Gasteiger partial charge is 0.254 e. The highest BCUT2D eigenvalue weighted by molar-refractivity contribution is 5.96. The van der Waals surface area contributed by atoms with E-state index in [0.717, 1.165) is 24.0 Å². The third-order valence-electron chi connectivity index (χ3n) is 4.90. The standard InChI is InChI=1S/C21H25N3O3/c1-14-6-9-19(22-12-14)23-20(25)17-5-4-10-24(13-17)21(26)16-8-7-15(2)18(11-16)27-3/h6-9,11-12,17H,4-5,10,13H2,1-3H3,(H,22,23,25). The van der Waals surface area contributed by atoms with Gasteiger partial charge in [-0.2, -0.15) is 0 Å². The van der Waals surface area contributed by atoms with Gasteiger partial charge in [-0.25, -0.2) is 4.98 Å². The van der Waals surface area contributed by atoms with Crippen LogP contribution in [0.15, 0.2) is 36.5 Å². The van der Waals surface area contributed by atoms with Gasteiger partial charge < -0.3 is 15.0 Å². The largest absolute Gasteiger partial charge is 0.496 e. The first-order valence-corrected chi connectivity index (χ1v) is 9.15.